The fourth-order valence-corrected chi connectivity index (χ4v) is 1.04. The van der Waals surface area contributed by atoms with E-state index in [1.807, 2.05) is 0 Å². The first-order valence-electron chi connectivity index (χ1n) is 2.83. The van der Waals surface area contributed by atoms with Crippen molar-refractivity contribution in [1.29, 1.82) is 0 Å². The molecule has 2 rings (SSSR count). The van der Waals surface area contributed by atoms with Crippen LogP contribution in [0.15, 0.2) is 28.3 Å². The Labute approximate surface area is 52.6 Å². The highest BCUT2D eigenvalue weighted by molar-refractivity contribution is 6.11. The van der Waals surface area contributed by atoms with Crippen LogP contribution in [-0.2, 0) is 4.79 Å². The molecule has 0 atom stereocenters. The van der Waals surface area contributed by atoms with Gasteiger partial charge in [0.1, 0.15) is 0 Å². The lowest BCUT2D eigenvalue weighted by Crippen LogP contribution is -1.80. The lowest BCUT2D eigenvalue weighted by atomic mass is 10.2. The van der Waals surface area contributed by atoms with Crippen molar-refractivity contribution in [1.82, 2.24) is 0 Å². The molecule has 0 bridgehead atoms. The second-order valence-corrected chi connectivity index (χ2v) is 2.14. The number of allylic oxidation sites excluding steroid dienone is 2. The molecule has 0 saturated carbocycles. The number of aliphatic imine (C=N–C) groups is 1. The van der Waals surface area contributed by atoms with Gasteiger partial charge in [0.15, 0.2) is 5.78 Å². The zero-order valence-electron chi connectivity index (χ0n) is 4.79. The molecule has 9 heavy (non-hydrogen) atoms. The van der Waals surface area contributed by atoms with Crippen LogP contribution in [0.5, 0.6) is 0 Å². The van der Waals surface area contributed by atoms with Gasteiger partial charge in [-0.3, -0.25) is 9.79 Å². The number of hydrogen-bond acceptors (Lipinski definition) is 2. The summed E-state index contributed by atoms with van der Waals surface area (Å²) >= 11 is 0. The maximum Gasteiger partial charge on any atom is 0.179 e. The molecular weight excluding hydrogens is 114 g/mol. The van der Waals surface area contributed by atoms with E-state index in [4.69, 9.17) is 0 Å². The summed E-state index contributed by atoms with van der Waals surface area (Å²) in [6.07, 6.45) is 5.00. The summed E-state index contributed by atoms with van der Waals surface area (Å²) in [7, 11) is 0. The molecule has 0 radical (unpaired) electrons. The van der Waals surface area contributed by atoms with Crippen LogP contribution in [0.25, 0.3) is 0 Å². The van der Waals surface area contributed by atoms with Crippen molar-refractivity contribution in [2.24, 2.45) is 4.99 Å². The normalized spacial score (nSPS) is 22.0. The smallest absolute Gasteiger partial charge is 0.179 e. The minimum Gasteiger partial charge on any atom is -0.290 e. The van der Waals surface area contributed by atoms with E-state index in [1.54, 1.807) is 18.4 Å². The van der Waals surface area contributed by atoms with E-state index >= 15 is 0 Å². The molecule has 1 aliphatic heterocycles. The lowest BCUT2D eigenvalue weighted by molar-refractivity contribution is -0.110. The summed E-state index contributed by atoms with van der Waals surface area (Å²) in [6.45, 7) is 0.692. The number of ketones is 1. The van der Waals surface area contributed by atoms with Gasteiger partial charge in [-0.2, -0.15) is 0 Å². The standard InChI is InChI=1S/C7H5NO/c9-7-1-5-3-8-4-6(5)2-7/h1-3H,4H2. The zero-order valence-corrected chi connectivity index (χ0v) is 4.79. The average molecular weight is 119 g/mol. The minimum atomic E-state index is 0.103. The van der Waals surface area contributed by atoms with Crippen molar-refractivity contribution in [2.45, 2.75) is 0 Å². The van der Waals surface area contributed by atoms with Crippen LogP contribution in [0.2, 0.25) is 0 Å². The Morgan fingerprint density at radius 3 is 3.11 bits per heavy atom. The van der Waals surface area contributed by atoms with Crippen LogP contribution >= 0.6 is 0 Å². The Morgan fingerprint density at radius 1 is 1.44 bits per heavy atom. The van der Waals surface area contributed by atoms with Crippen LogP contribution in [-0.4, -0.2) is 18.5 Å². The van der Waals surface area contributed by atoms with E-state index in [9.17, 15) is 4.79 Å². The molecule has 0 aromatic heterocycles. The summed E-state index contributed by atoms with van der Waals surface area (Å²) < 4.78 is 0. The molecule has 1 heterocycles. The van der Waals surface area contributed by atoms with Gasteiger partial charge in [-0.25, -0.2) is 0 Å². The van der Waals surface area contributed by atoms with Crippen LogP contribution in [0, 0.1) is 0 Å². The molecule has 0 saturated heterocycles. The molecule has 1 aliphatic carbocycles. The highest BCUT2D eigenvalue weighted by atomic mass is 16.1. The molecule has 44 valence electrons. The van der Waals surface area contributed by atoms with E-state index in [0.717, 1.165) is 11.1 Å². The van der Waals surface area contributed by atoms with Crippen molar-refractivity contribution in [3.63, 3.8) is 0 Å². The highest BCUT2D eigenvalue weighted by Crippen LogP contribution is 2.19. The first-order valence-corrected chi connectivity index (χ1v) is 2.83. The van der Waals surface area contributed by atoms with Gasteiger partial charge < -0.3 is 0 Å². The summed E-state index contributed by atoms with van der Waals surface area (Å²) in [5, 5.41) is 0. The van der Waals surface area contributed by atoms with Crippen molar-refractivity contribution in [3.05, 3.63) is 23.3 Å². The van der Waals surface area contributed by atoms with Crippen molar-refractivity contribution in [2.75, 3.05) is 6.54 Å². The van der Waals surface area contributed by atoms with Gasteiger partial charge in [-0.15, -0.1) is 0 Å². The Hall–Kier alpha value is -1.18. The van der Waals surface area contributed by atoms with Gasteiger partial charge in [-0.1, -0.05) is 0 Å². The summed E-state index contributed by atoms with van der Waals surface area (Å²) in [5.41, 5.74) is 2.07. The summed E-state index contributed by atoms with van der Waals surface area (Å²) in [6, 6.07) is 0. The van der Waals surface area contributed by atoms with E-state index in [0.29, 0.717) is 6.54 Å². The van der Waals surface area contributed by atoms with Crippen LogP contribution in [0.1, 0.15) is 0 Å². The number of fused-ring (bicyclic) bond motifs is 1. The predicted molar refractivity (Wildman–Crippen MR) is 34.5 cm³/mol. The first-order chi connectivity index (χ1) is 4.36. The molecule has 0 amide bonds. The second kappa shape index (κ2) is 1.41. The molecule has 2 aliphatic rings. The number of hydrogen-bond donors (Lipinski definition) is 0. The monoisotopic (exact) mass is 119 g/mol. The summed E-state index contributed by atoms with van der Waals surface area (Å²) in [5.74, 6) is 0.103. The molecule has 0 aromatic carbocycles. The molecule has 2 heteroatoms. The predicted octanol–water partition coefficient (Wildman–Crippen LogP) is 0.506. The molecule has 0 aromatic rings. The number of carbonyl (C=O) groups excluding carboxylic acids is 1. The van der Waals surface area contributed by atoms with Gasteiger partial charge in [0.05, 0.1) is 6.54 Å². The number of carbonyl (C=O) groups is 1. The Balaban J connectivity index is 2.53. The van der Waals surface area contributed by atoms with E-state index in [2.05, 4.69) is 4.99 Å². The average Bonchev–Trinajstić information content (AvgIpc) is 2.22. The fourth-order valence-electron chi connectivity index (χ4n) is 1.04. The first kappa shape index (κ1) is 4.68. The Bertz CT molecular complexity index is 258. The zero-order chi connectivity index (χ0) is 6.27. The largest absolute Gasteiger partial charge is 0.290 e. The Morgan fingerprint density at radius 2 is 2.33 bits per heavy atom. The van der Waals surface area contributed by atoms with Crippen molar-refractivity contribution in [3.8, 4) is 0 Å². The number of nitrogens with zero attached hydrogens (tertiary/aromatic N) is 1. The SMILES string of the molecule is O=C1C=C2C=NCC2=C1. The molecular formula is C7H5NO. The second-order valence-electron chi connectivity index (χ2n) is 2.14. The maximum atomic E-state index is 10.6. The van der Waals surface area contributed by atoms with Gasteiger partial charge in [0.25, 0.3) is 0 Å². The van der Waals surface area contributed by atoms with Crippen molar-refractivity contribution < 1.29 is 4.79 Å². The van der Waals surface area contributed by atoms with E-state index in [-0.39, 0.29) is 5.78 Å². The van der Waals surface area contributed by atoms with Crippen LogP contribution < -0.4 is 0 Å². The third-order valence-electron chi connectivity index (χ3n) is 1.48. The Kier molecular flexibility index (Phi) is 0.730. The van der Waals surface area contributed by atoms with Crippen molar-refractivity contribution >= 4 is 12.0 Å². The molecule has 0 spiro atoms. The van der Waals surface area contributed by atoms with Gasteiger partial charge in [0, 0.05) is 11.8 Å². The molecule has 0 unspecified atom stereocenters. The quantitative estimate of drug-likeness (QED) is 0.456. The van der Waals surface area contributed by atoms with Crippen LogP contribution in [0.3, 0.4) is 0 Å². The molecule has 2 nitrogen and oxygen atoms in total. The van der Waals surface area contributed by atoms with Crippen LogP contribution in [0.4, 0.5) is 0 Å². The van der Waals surface area contributed by atoms with E-state index in [1.165, 1.54) is 0 Å². The van der Waals surface area contributed by atoms with Gasteiger partial charge >= 0.3 is 0 Å². The van der Waals surface area contributed by atoms with Gasteiger partial charge in [0.2, 0.25) is 0 Å². The number of rotatable bonds is 0. The third-order valence-corrected chi connectivity index (χ3v) is 1.48. The fraction of sp³-hybridized carbons (Fsp3) is 0.143. The highest BCUT2D eigenvalue weighted by Gasteiger charge is 2.15. The topological polar surface area (TPSA) is 29.4 Å². The minimum absolute atomic E-state index is 0.103. The lowest BCUT2D eigenvalue weighted by Gasteiger charge is -1.83. The summed E-state index contributed by atoms with van der Waals surface area (Å²) in [4.78, 5) is 14.6. The molecule has 0 fully saturated rings. The molecule has 0 N–H and O–H groups in total. The van der Waals surface area contributed by atoms with E-state index < -0.39 is 0 Å². The van der Waals surface area contributed by atoms with Gasteiger partial charge in [-0.05, 0) is 17.7 Å². The third kappa shape index (κ3) is 0.560. The maximum absolute atomic E-state index is 10.6.